The van der Waals surface area contributed by atoms with E-state index in [4.69, 9.17) is 4.74 Å². The van der Waals surface area contributed by atoms with E-state index in [0.717, 1.165) is 49.6 Å². The number of hydrogen-bond acceptors (Lipinski definition) is 4. The number of nitrogens with zero attached hydrogens (tertiary/aromatic N) is 3. The fourth-order valence-corrected chi connectivity index (χ4v) is 2.79. The van der Waals surface area contributed by atoms with Gasteiger partial charge in [0.1, 0.15) is 5.82 Å². The lowest BCUT2D eigenvalue weighted by atomic mass is 10.1. The summed E-state index contributed by atoms with van der Waals surface area (Å²) in [6.07, 6.45) is 2.48. The number of rotatable bonds is 4. The minimum atomic E-state index is -0.247. The standard InChI is InChI=1S/C17H20FN3O/c1-2-22-15-4-3-11-21(12-15)17-10-9-16(19-20-17)13-5-7-14(18)8-6-13/h5-10,15H,2-4,11-12H2,1H3. The first-order chi connectivity index (χ1) is 10.8. The maximum Gasteiger partial charge on any atom is 0.151 e. The van der Waals surface area contributed by atoms with Crippen LogP contribution < -0.4 is 4.90 Å². The van der Waals surface area contributed by atoms with Crippen LogP contribution in [-0.2, 0) is 4.74 Å². The summed E-state index contributed by atoms with van der Waals surface area (Å²) >= 11 is 0. The van der Waals surface area contributed by atoms with Gasteiger partial charge in [0.25, 0.3) is 0 Å². The van der Waals surface area contributed by atoms with Gasteiger partial charge in [0, 0.05) is 25.3 Å². The van der Waals surface area contributed by atoms with E-state index in [1.165, 1.54) is 12.1 Å². The average molecular weight is 301 g/mol. The molecule has 1 saturated heterocycles. The Morgan fingerprint density at radius 1 is 1.18 bits per heavy atom. The third-order valence-corrected chi connectivity index (χ3v) is 3.89. The minimum absolute atomic E-state index is 0.247. The molecule has 0 aliphatic carbocycles. The number of benzene rings is 1. The monoisotopic (exact) mass is 301 g/mol. The predicted octanol–water partition coefficient (Wildman–Crippen LogP) is 3.29. The number of hydrogen-bond donors (Lipinski definition) is 0. The molecule has 1 aromatic heterocycles. The Balaban J connectivity index is 1.72. The fourth-order valence-electron chi connectivity index (χ4n) is 2.79. The molecule has 0 amide bonds. The molecular formula is C17H20FN3O. The summed E-state index contributed by atoms with van der Waals surface area (Å²) in [6.45, 7) is 4.61. The first kappa shape index (κ1) is 14.9. The quantitative estimate of drug-likeness (QED) is 0.868. The van der Waals surface area contributed by atoms with Crippen LogP contribution in [0.5, 0.6) is 0 Å². The largest absolute Gasteiger partial charge is 0.377 e. The van der Waals surface area contributed by atoms with Gasteiger partial charge in [0.15, 0.2) is 5.82 Å². The van der Waals surface area contributed by atoms with Gasteiger partial charge in [-0.25, -0.2) is 4.39 Å². The van der Waals surface area contributed by atoms with Gasteiger partial charge in [0.2, 0.25) is 0 Å². The van der Waals surface area contributed by atoms with Crippen LogP contribution in [0.1, 0.15) is 19.8 Å². The second-order valence-corrected chi connectivity index (χ2v) is 5.45. The van der Waals surface area contributed by atoms with E-state index in [2.05, 4.69) is 15.1 Å². The highest BCUT2D eigenvalue weighted by atomic mass is 19.1. The molecule has 4 nitrogen and oxygen atoms in total. The number of piperidine rings is 1. The summed E-state index contributed by atoms with van der Waals surface area (Å²) in [6, 6.07) is 10.2. The number of halogens is 1. The second-order valence-electron chi connectivity index (χ2n) is 5.45. The van der Waals surface area contributed by atoms with Crippen LogP contribution in [0, 0.1) is 5.82 Å². The molecule has 1 aliphatic heterocycles. The zero-order valence-corrected chi connectivity index (χ0v) is 12.7. The van der Waals surface area contributed by atoms with Gasteiger partial charge in [-0.1, -0.05) is 0 Å². The van der Waals surface area contributed by atoms with Gasteiger partial charge in [-0.3, -0.25) is 0 Å². The van der Waals surface area contributed by atoms with Gasteiger partial charge in [-0.15, -0.1) is 10.2 Å². The van der Waals surface area contributed by atoms with Crippen molar-refractivity contribution in [2.24, 2.45) is 0 Å². The molecule has 2 aromatic rings. The van der Waals surface area contributed by atoms with Crippen LogP contribution in [0.4, 0.5) is 10.2 Å². The molecule has 0 radical (unpaired) electrons. The molecule has 0 bridgehead atoms. The zero-order chi connectivity index (χ0) is 15.4. The molecule has 0 saturated carbocycles. The Morgan fingerprint density at radius 2 is 2.00 bits per heavy atom. The van der Waals surface area contributed by atoms with Crippen LogP contribution in [0.15, 0.2) is 36.4 Å². The number of anilines is 1. The fraction of sp³-hybridized carbons (Fsp3) is 0.412. The summed E-state index contributed by atoms with van der Waals surface area (Å²) in [5.41, 5.74) is 1.62. The smallest absolute Gasteiger partial charge is 0.151 e. The van der Waals surface area contributed by atoms with E-state index >= 15 is 0 Å². The molecule has 1 aliphatic rings. The number of ether oxygens (including phenoxy) is 1. The van der Waals surface area contributed by atoms with Crippen molar-refractivity contribution in [3.8, 4) is 11.3 Å². The highest BCUT2D eigenvalue weighted by Crippen LogP contribution is 2.22. The van der Waals surface area contributed by atoms with Crippen molar-refractivity contribution < 1.29 is 9.13 Å². The summed E-state index contributed by atoms with van der Waals surface area (Å²) < 4.78 is 18.7. The SMILES string of the molecule is CCOC1CCCN(c2ccc(-c3ccc(F)cc3)nn2)C1. The normalized spacial score (nSPS) is 18.5. The lowest BCUT2D eigenvalue weighted by Crippen LogP contribution is -2.40. The van der Waals surface area contributed by atoms with Crippen molar-refractivity contribution in [2.75, 3.05) is 24.6 Å². The van der Waals surface area contributed by atoms with E-state index in [9.17, 15) is 4.39 Å². The molecule has 116 valence electrons. The first-order valence-corrected chi connectivity index (χ1v) is 7.72. The van der Waals surface area contributed by atoms with Crippen LogP contribution in [-0.4, -0.2) is 36.0 Å². The molecule has 1 atom stereocenters. The molecule has 0 spiro atoms. The Bertz CT molecular complexity index is 598. The summed E-state index contributed by atoms with van der Waals surface area (Å²) in [7, 11) is 0. The summed E-state index contributed by atoms with van der Waals surface area (Å²) in [4.78, 5) is 2.21. The predicted molar refractivity (Wildman–Crippen MR) is 84.3 cm³/mol. The Hall–Kier alpha value is -2.01. The maximum atomic E-state index is 13.0. The van der Waals surface area contributed by atoms with Crippen LogP contribution >= 0.6 is 0 Å². The first-order valence-electron chi connectivity index (χ1n) is 7.72. The van der Waals surface area contributed by atoms with Crippen LogP contribution in [0.3, 0.4) is 0 Å². The van der Waals surface area contributed by atoms with Crippen LogP contribution in [0.2, 0.25) is 0 Å². The van der Waals surface area contributed by atoms with Gasteiger partial charge in [-0.2, -0.15) is 0 Å². The molecule has 1 unspecified atom stereocenters. The lowest BCUT2D eigenvalue weighted by molar-refractivity contribution is 0.0525. The van der Waals surface area contributed by atoms with Crippen molar-refractivity contribution in [3.63, 3.8) is 0 Å². The van der Waals surface area contributed by atoms with Gasteiger partial charge >= 0.3 is 0 Å². The maximum absolute atomic E-state index is 13.0. The van der Waals surface area contributed by atoms with Crippen molar-refractivity contribution in [1.29, 1.82) is 0 Å². The van der Waals surface area contributed by atoms with E-state index in [-0.39, 0.29) is 11.9 Å². The molecule has 0 N–H and O–H groups in total. The molecular weight excluding hydrogens is 281 g/mol. The summed E-state index contributed by atoms with van der Waals surface area (Å²) in [5, 5.41) is 8.59. The molecule has 22 heavy (non-hydrogen) atoms. The van der Waals surface area contributed by atoms with Gasteiger partial charge in [0.05, 0.1) is 11.8 Å². The molecule has 5 heteroatoms. The van der Waals surface area contributed by atoms with Crippen molar-refractivity contribution in [2.45, 2.75) is 25.9 Å². The highest BCUT2D eigenvalue weighted by molar-refractivity contribution is 5.59. The highest BCUT2D eigenvalue weighted by Gasteiger charge is 2.21. The topological polar surface area (TPSA) is 38.2 Å². The zero-order valence-electron chi connectivity index (χ0n) is 12.7. The lowest BCUT2D eigenvalue weighted by Gasteiger charge is -2.33. The van der Waals surface area contributed by atoms with Crippen molar-refractivity contribution in [3.05, 3.63) is 42.2 Å². The Morgan fingerprint density at radius 3 is 2.68 bits per heavy atom. The minimum Gasteiger partial charge on any atom is -0.377 e. The third kappa shape index (κ3) is 3.42. The van der Waals surface area contributed by atoms with E-state index in [1.807, 2.05) is 19.1 Å². The third-order valence-electron chi connectivity index (χ3n) is 3.89. The van der Waals surface area contributed by atoms with Crippen molar-refractivity contribution >= 4 is 5.82 Å². The second kappa shape index (κ2) is 6.83. The Labute approximate surface area is 129 Å². The van der Waals surface area contributed by atoms with Crippen molar-refractivity contribution in [1.82, 2.24) is 10.2 Å². The average Bonchev–Trinajstić information content (AvgIpc) is 2.56. The molecule has 1 aromatic carbocycles. The Kier molecular flexibility index (Phi) is 4.63. The van der Waals surface area contributed by atoms with E-state index < -0.39 is 0 Å². The molecule has 1 fully saturated rings. The molecule has 2 heterocycles. The van der Waals surface area contributed by atoms with Gasteiger partial charge in [-0.05, 0) is 56.2 Å². The van der Waals surface area contributed by atoms with E-state index in [1.54, 1.807) is 12.1 Å². The van der Waals surface area contributed by atoms with E-state index in [0.29, 0.717) is 0 Å². The molecule has 3 rings (SSSR count). The number of aromatic nitrogens is 2. The van der Waals surface area contributed by atoms with Gasteiger partial charge < -0.3 is 9.64 Å². The summed E-state index contributed by atoms with van der Waals surface area (Å²) in [5.74, 6) is 0.624. The van der Waals surface area contributed by atoms with Crippen LogP contribution in [0.25, 0.3) is 11.3 Å².